The number of aromatic nitrogens is 2. The second-order valence-electron chi connectivity index (χ2n) is 8.68. The molecule has 1 fully saturated rings. The van der Waals surface area contributed by atoms with Gasteiger partial charge in [0, 0.05) is 28.5 Å². The number of hydrogen-bond acceptors (Lipinski definition) is 7. The molecule has 0 aliphatic carbocycles. The van der Waals surface area contributed by atoms with Crippen molar-refractivity contribution in [3.8, 4) is 0 Å². The first kappa shape index (κ1) is 20.5. The number of aromatic amines is 1. The lowest BCUT2D eigenvalue weighted by atomic mass is 10.0. The normalized spacial score (nSPS) is 22.5. The zero-order chi connectivity index (χ0) is 21.6. The molecular weight excluding hydrogens is 418 g/mol. The number of hydrogen-bond donors (Lipinski definition) is 3. The third-order valence-corrected chi connectivity index (χ3v) is 6.04. The van der Waals surface area contributed by atoms with Crippen LogP contribution in [0.4, 0.5) is 5.69 Å². The molecule has 2 aromatic heterocycles. The summed E-state index contributed by atoms with van der Waals surface area (Å²) in [6, 6.07) is 5.41. The standard InChI is InChI=1S/C22H26ClN5O3/c1-22(2)12-28(10-19-25-5-6-30-19)18(11-31-22)21(29)27-16-8-13(23)7-15-14-3-4-24-9-17(14)26-20(15)16/h3-4,7-9,18,21,26-27,29H,5-6,10-12H2,1-2H3/t18-,21?/m0/s1. The number of halogens is 1. The molecule has 2 aliphatic rings. The molecule has 4 heterocycles. The predicted octanol–water partition coefficient (Wildman–Crippen LogP) is 3.01. The highest BCUT2D eigenvalue weighted by Gasteiger charge is 2.38. The van der Waals surface area contributed by atoms with Gasteiger partial charge in [-0.1, -0.05) is 11.6 Å². The van der Waals surface area contributed by atoms with Gasteiger partial charge in [0.15, 0.2) is 5.90 Å². The van der Waals surface area contributed by atoms with Crippen molar-refractivity contribution in [3.05, 3.63) is 35.6 Å². The number of fused-ring (bicyclic) bond motifs is 3. The van der Waals surface area contributed by atoms with E-state index in [9.17, 15) is 5.11 Å². The van der Waals surface area contributed by atoms with Crippen LogP contribution in [-0.4, -0.2) is 76.6 Å². The highest BCUT2D eigenvalue weighted by atomic mass is 35.5. The Morgan fingerprint density at radius 2 is 2.26 bits per heavy atom. The van der Waals surface area contributed by atoms with E-state index in [1.54, 1.807) is 12.4 Å². The average molecular weight is 444 g/mol. The molecule has 3 aromatic rings. The summed E-state index contributed by atoms with van der Waals surface area (Å²) in [5.74, 6) is 0.711. The van der Waals surface area contributed by atoms with Crippen molar-refractivity contribution >= 4 is 45.0 Å². The summed E-state index contributed by atoms with van der Waals surface area (Å²) in [7, 11) is 0. The first-order chi connectivity index (χ1) is 14.9. The topological polar surface area (TPSA) is 95.0 Å². The fourth-order valence-corrected chi connectivity index (χ4v) is 4.59. The molecule has 2 atom stereocenters. The number of nitrogens with one attached hydrogen (secondary N) is 2. The number of benzene rings is 1. The van der Waals surface area contributed by atoms with Crippen molar-refractivity contribution in [2.24, 2.45) is 4.99 Å². The molecule has 31 heavy (non-hydrogen) atoms. The largest absolute Gasteiger partial charge is 0.478 e. The molecule has 0 bridgehead atoms. The summed E-state index contributed by atoms with van der Waals surface area (Å²) in [4.78, 5) is 14.2. The number of morpholine rings is 1. The second kappa shape index (κ2) is 7.94. The first-order valence-electron chi connectivity index (χ1n) is 10.4. The van der Waals surface area contributed by atoms with Crippen molar-refractivity contribution in [3.63, 3.8) is 0 Å². The molecule has 1 aromatic carbocycles. The van der Waals surface area contributed by atoms with E-state index in [-0.39, 0.29) is 11.6 Å². The molecule has 1 saturated heterocycles. The Balaban J connectivity index is 1.44. The molecule has 0 saturated carbocycles. The van der Waals surface area contributed by atoms with E-state index in [0.717, 1.165) is 27.5 Å². The van der Waals surface area contributed by atoms with E-state index < -0.39 is 6.23 Å². The Morgan fingerprint density at radius 3 is 3.06 bits per heavy atom. The highest BCUT2D eigenvalue weighted by Crippen LogP contribution is 2.34. The summed E-state index contributed by atoms with van der Waals surface area (Å²) in [5, 5.41) is 17.0. The van der Waals surface area contributed by atoms with Gasteiger partial charge in [-0.2, -0.15) is 0 Å². The van der Waals surface area contributed by atoms with Crippen LogP contribution < -0.4 is 5.32 Å². The van der Waals surface area contributed by atoms with Crippen LogP contribution in [0.25, 0.3) is 21.8 Å². The second-order valence-corrected chi connectivity index (χ2v) is 9.11. The lowest BCUT2D eigenvalue weighted by molar-refractivity contribution is -0.131. The van der Waals surface area contributed by atoms with Crippen molar-refractivity contribution in [1.29, 1.82) is 0 Å². The van der Waals surface area contributed by atoms with Crippen LogP contribution in [0.3, 0.4) is 0 Å². The number of nitrogens with zero attached hydrogens (tertiary/aromatic N) is 3. The summed E-state index contributed by atoms with van der Waals surface area (Å²) in [6.45, 7) is 6.98. The maximum atomic E-state index is 11.2. The third-order valence-electron chi connectivity index (χ3n) is 5.83. The van der Waals surface area contributed by atoms with Gasteiger partial charge < -0.3 is 24.9 Å². The van der Waals surface area contributed by atoms with Gasteiger partial charge in [-0.25, -0.2) is 0 Å². The SMILES string of the molecule is CC1(C)CN(CC2=NCCO2)[C@H](C(O)Nc2cc(Cl)cc3c2[nH]c2cnccc23)CO1. The molecule has 0 amide bonds. The molecule has 5 rings (SSSR count). The molecule has 2 aliphatic heterocycles. The van der Waals surface area contributed by atoms with Crippen LogP contribution in [-0.2, 0) is 9.47 Å². The minimum atomic E-state index is -0.885. The molecule has 0 radical (unpaired) electrons. The van der Waals surface area contributed by atoms with Gasteiger partial charge in [-0.3, -0.25) is 14.9 Å². The van der Waals surface area contributed by atoms with Gasteiger partial charge in [0.25, 0.3) is 0 Å². The maximum absolute atomic E-state index is 11.2. The molecule has 0 spiro atoms. The number of pyridine rings is 1. The van der Waals surface area contributed by atoms with Crippen molar-refractivity contribution in [1.82, 2.24) is 14.9 Å². The van der Waals surface area contributed by atoms with Crippen LogP contribution >= 0.6 is 11.6 Å². The number of H-pyrrole nitrogens is 1. The summed E-state index contributed by atoms with van der Waals surface area (Å²) in [6.07, 6.45) is 2.65. The van der Waals surface area contributed by atoms with E-state index in [4.69, 9.17) is 21.1 Å². The van der Waals surface area contributed by atoms with Gasteiger partial charge in [0.05, 0.1) is 54.3 Å². The van der Waals surface area contributed by atoms with Gasteiger partial charge in [0.1, 0.15) is 12.8 Å². The Hall–Kier alpha value is -2.39. The number of anilines is 1. The molecule has 3 N–H and O–H groups in total. The number of rotatable bonds is 5. The number of aliphatic hydroxyl groups is 1. The lowest BCUT2D eigenvalue weighted by Gasteiger charge is -2.45. The smallest absolute Gasteiger partial charge is 0.198 e. The van der Waals surface area contributed by atoms with E-state index in [1.807, 2.05) is 32.0 Å². The zero-order valence-corrected chi connectivity index (χ0v) is 18.3. The van der Waals surface area contributed by atoms with Gasteiger partial charge >= 0.3 is 0 Å². The summed E-state index contributed by atoms with van der Waals surface area (Å²) >= 11 is 6.41. The van der Waals surface area contributed by atoms with Crippen molar-refractivity contribution < 1.29 is 14.6 Å². The predicted molar refractivity (Wildman–Crippen MR) is 122 cm³/mol. The fourth-order valence-electron chi connectivity index (χ4n) is 4.37. The molecule has 164 valence electrons. The first-order valence-corrected chi connectivity index (χ1v) is 10.8. The van der Waals surface area contributed by atoms with Crippen LogP contribution in [0.15, 0.2) is 35.6 Å². The van der Waals surface area contributed by atoms with Crippen molar-refractivity contribution in [2.45, 2.75) is 31.7 Å². The molecule has 9 heteroatoms. The summed E-state index contributed by atoms with van der Waals surface area (Å²) in [5.41, 5.74) is 2.20. The number of ether oxygens (including phenoxy) is 2. The quantitative estimate of drug-likeness (QED) is 0.525. The maximum Gasteiger partial charge on any atom is 0.198 e. The Kier molecular flexibility index (Phi) is 5.26. The van der Waals surface area contributed by atoms with Crippen LogP contribution in [0.5, 0.6) is 0 Å². The molecule has 8 nitrogen and oxygen atoms in total. The van der Waals surface area contributed by atoms with Crippen LogP contribution in [0, 0.1) is 0 Å². The van der Waals surface area contributed by atoms with Gasteiger partial charge in [-0.05, 0) is 32.0 Å². The summed E-state index contributed by atoms with van der Waals surface area (Å²) < 4.78 is 11.6. The minimum absolute atomic E-state index is 0.278. The van der Waals surface area contributed by atoms with Gasteiger partial charge in [-0.15, -0.1) is 0 Å². The fraction of sp³-hybridized carbons (Fsp3) is 0.455. The van der Waals surface area contributed by atoms with E-state index in [1.165, 1.54) is 0 Å². The average Bonchev–Trinajstić information content (AvgIpc) is 3.35. The monoisotopic (exact) mass is 443 g/mol. The lowest BCUT2D eigenvalue weighted by Crippen LogP contribution is -2.60. The molecular formula is C22H26ClN5O3. The van der Waals surface area contributed by atoms with Crippen LogP contribution in [0.1, 0.15) is 13.8 Å². The van der Waals surface area contributed by atoms with Gasteiger partial charge in [0.2, 0.25) is 0 Å². The van der Waals surface area contributed by atoms with E-state index in [0.29, 0.717) is 43.8 Å². The van der Waals surface area contributed by atoms with E-state index in [2.05, 4.69) is 25.2 Å². The minimum Gasteiger partial charge on any atom is -0.478 e. The number of aliphatic hydroxyl groups excluding tert-OH is 1. The Morgan fingerprint density at radius 1 is 1.39 bits per heavy atom. The highest BCUT2D eigenvalue weighted by molar-refractivity contribution is 6.32. The zero-order valence-electron chi connectivity index (χ0n) is 17.6. The molecule has 1 unspecified atom stereocenters. The van der Waals surface area contributed by atoms with Crippen molar-refractivity contribution in [2.75, 3.05) is 38.2 Å². The van der Waals surface area contributed by atoms with Crippen LogP contribution in [0.2, 0.25) is 5.02 Å². The Labute approximate surface area is 185 Å². The Bertz CT molecular complexity index is 1140. The number of aliphatic imine (C=N–C) groups is 1. The van der Waals surface area contributed by atoms with E-state index >= 15 is 0 Å². The third kappa shape index (κ3) is 4.08.